The molecule has 8 aromatic heterocycles. The predicted octanol–water partition coefficient (Wildman–Crippen LogP) is 19.9. The van der Waals surface area contributed by atoms with Crippen molar-refractivity contribution in [1.29, 1.82) is 0 Å². The third-order valence-corrected chi connectivity index (χ3v) is 20.9. The van der Waals surface area contributed by atoms with Crippen LogP contribution in [0.25, 0.3) is 61.9 Å². The minimum Gasteiger partial charge on any atom is -0.367 e. The van der Waals surface area contributed by atoms with E-state index in [4.69, 9.17) is 0 Å². The zero-order valence-electron chi connectivity index (χ0n) is 51.9. The van der Waals surface area contributed by atoms with Crippen LogP contribution in [0.2, 0.25) is 0 Å². The van der Waals surface area contributed by atoms with E-state index >= 15 is 0 Å². The molecule has 0 amide bonds. The second kappa shape index (κ2) is 20.3. The number of aromatic nitrogens is 8. The highest BCUT2D eigenvalue weighted by Gasteiger charge is 2.44. The van der Waals surface area contributed by atoms with Crippen molar-refractivity contribution in [2.24, 2.45) is 0 Å². The van der Waals surface area contributed by atoms with E-state index in [-0.39, 0.29) is 24.2 Å². The molecule has 0 fully saturated rings. The molecule has 8 aliphatic rings. The van der Waals surface area contributed by atoms with Gasteiger partial charge in [-0.3, -0.25) is 0 Å². The van der Waals surface area contributed by atoms with Crippen LogP contribution >= 0.6 is 0 Å². The van der Waals surface area contributed by atoms with Crippen LogP contribution in [0.15, 0.2) is 323 Å². The van der Waals surface area contributed by atoms with Crippen molar-refractivity contribution in [3.8, 4) is 61.9 Å². The van der Waals surface area contributed by atoms with Crippen molar-refractivity contribution >= 4 is 45.5 Å². The Hall–Kier alpha value is -12.8. The van der Waals surface area contributed by atoms with Crippen LogP contribution in [-0.2, 0) is 0 Å². The van der Waals surface area contributed by atoms with Crippen LogP contribution in [0.1, 0.15) is 69.5 Å². The van der Waals surface area contributed by atoms with Crippen molar-refractivity contribution in [2.75, 3.05) is 19.6 Å². The van der Waals surface area contributed by atoms with Crippen LogP contribution < -0.4 is 19.6 Å². The highest BCUT2D eigenvalue weighted by Crippen LogP contribution is 2.58. The molecule has 12 heteroatoms. The SMILES string of the molecule is c1ccc2c(c1)-c1[nH]ccc1C1c3cccn3-c3ccccc3N21.c1ccc2c(c1)-c1c[nH]cc1C1c3cccn3-c3ccccc3N21.c1ccc2c(c1)-c1cc[nH]c1C1c3cccn3-c3ccccc3N21.c1ccc2c(c1)N1c3ccccc3-n3cccc3C1c1cccn1-2. The van der Waals surface area contributed by atoms with Crippen molar-refractivity contribution in [3.05, 3.63) is 368 Å². The Morgan fingerprint density at radius 2 is 0.542 bits per heavy atom. The Kier molecular flexibility index (Phi) is 11.2. The van der Waals surface area contributed by atoms with Crippen LogP contribution in [0, 0.1) is 0 Å². The Morgan fingerprint density at radius 3 is 0.990 bits per heavy atom. The third-order valence-electron chi connectivity index (χ3n) is 20.9. The highest BCUT2D eigenvalue weighted by molar-refractivity contribution is 5.95. The minimum atomic E-state index is 0.176. The maximum Gasteiger partial charge on any atom is 0.115 e. The first kappa shape index (κ1) is 52.8. The molecule has 16 heterocycles. The van der Waals surface area contributed by atoms with Gasteiger partial charge < -0.3 is 57.4 Å². The van der Waals surface area contributed by atoms with Gasteiger partial charge >= 0.3 is 0 Å². The molecule has 0 aliphatic carbocycles. The molecule has 3 atom stereocenters. The Balaban J connectivity index is 0.0000000849. The lowest BCUT2D eigenvalue weighted by Crippen LogP contribution is -2.36. The van der Waals surface area contributed by atoms with Crippen molar-refractivity contribution in [2.45, 2.75) is 24.2 Å². The van der Waals surface area contributed by atoms with E-state index in [9.17, 15) is 0 Å². The molecule has 24 rings (SSSR count). The Morgan fingerprint density at radius 1 is 0.219 bits per heavy atom. The number of rotatable bonds is 0. The van der Waals surface area contributed by atoms with Gasteiger partial charge in [0.05, 0.1) is 114 Å². The quantitative estimate of drug-likeness (QED) is 0.141. The molecule has 8 aliphatic heterocycles. The average Bonchev–Trinajstić information content (AvgIpc) is 1.39. The van der Waals surface area contributed by atoms with Gasteiger partial charge in [0.1, 0.15) is 24.2 Å². The number of hydrogen-bond donors (Lipinski definition) is 3. The van der Waals surface area contributed by atoms with E-state index in [0.29, 0.717) is 0 Å². The van der Waals surface area contributed by atoms with E-state index in [1.54, 1.807) is 0 Å². The molecule has 12 nitrogen and oxygen atoms in total. The number of nitrogens with zero attached hydrogens (tertiary/aromatic N) is 9. The fourth-order valence-electron chi connectivity index (χ4n) is 17.1. The number of H-pyrrole nitrogens is 3. The fraction of sp³-hybridized carbons (Fsp3) is 0.0476. The summed E-state index contributed by atoms with van der Waals surface area (Å²) < 4.78 is 11.6. The zero-order valence-corrected chi connectivity index (χ0v) is 51.9. The molecule has 0 radical (unpaired) electrons. The van der Waals surface area contributed by atoms with Gasteiger partial charge in [-0.2, -0.15) is 0 Å². The first-order chi connectivity index (χ1) is 47.7. The smallest absolute Gasteiger partial charge is 0.115 e. The summed E-state index contributed by atoms with van der Waals surface area (Å²) in [6.07, 6.45) is 19.2. The summed E-state index contributed by atoms with van der Waals surface area (Å²) >= 11 is 0. The number of fused-ring (bicyclic) bond motifs is 44. The van der Waals surface area contributed by atoms with Crippen LogP contribution in [-0.4, -0.2) is 37.8 Å². The molecule has 3 N–H and O–H groups in total. The monoisotopic (exact) mass is 1240 g/mol. The predicted molar refractivity (Wildman–Crippen MR) is 383 cm³/mol. The van der Waals surface area contributed by atoms with Crippen molar-refractivity contribution in [3.63, 3.8) is 0 Å². The fourth-order valence-corrected chi connectivity index (χ4v) is 17.1. The topological polar surface area (TPSA) is 85.0 Å². The number of benzene rings is 8. The van der Waals surface area contributed by atoms with E-state index in [1.165, 1.54) is 153 Å². The number of hydrogen-bond acceptors (Lipinski definition) is 4. The lowest BCUT2D eigenvalue weighted by atomic mass is 9.88. The first-order valence-electron chi connectivity index (χ1n) is 33.0. The van der Waals surface area contributed by atoms with Gasteiger partial charge in [-0.05, 0) is 152 Å². The van der Waals surface area contributed by atoms with Gasteiger partial charge in [-0.25, -0.2) is 0 Å². The summed E-state index contributed by atoms with van der Waals surface area (Å²) in [7, 11) is 0. The summed E-state index contributed by atoms with van der Waals surface area (Å²) in [4.78, 5) is 20.2. The van der Waals surface area contributed by atoms with Crippen LogP contribution in [0.5, 0.6) is 0 Å². The van der Waals surface area contributed by atoms with Gasteiger partial charge in [0.15, 0.2) is 0 Å². The van der Waals surface area contributed by atoms with Gasteiger partial charge in [0, 0.05) is 94.7 Å². The average molecular weight is 1240 g/mol. The third kappa shape index (κ3) is 7.32. The Bertz CT molecular complexity index is 4700. The van der Waals surface area contributed by atoms with Crippen LogP contribution in [0.4, 0.5) is 45.5 Å². The molecular weight excluding hydrogens is 1180 g/mol. The van der Waals surface area contributed by atoms with Gasteiger partial charge in [-0.1, -0.05) is 115 Å². The second-order valence-corrected chi connectivity index (χ2v) is 25.5. The number of aromatic amines is 3. The van der Waals surface area contributed by atoms with Gasteiger partial charge in [-0.15, -0.1) is 0 Å². The lowest BCUT2D eigenvalue weighted by molar-refractivity contribution is 0.672. The number of para-hydroxylation sites is 13. The molecule has 456 valence electrons. The minimum absolute atomic E-state index is 0.176. The molecular formula is C84H60N12. The number of nitrogens with one attached hydrogen (secondary N) is 3. The van der Waals surface area contributed by atoms with E-state index in [2.05, 4.69) is 380 Å². The molecule has 8 aromatic carbocycles. The first-order valence-corrected chi connectivity index (χ1v) is 33.0. The zero-order chi connectivity index (χ0) is 62.7. The summed E-state index contributed by atoms with van der Waals surface area (Å²) in [5, 5.41) is 0. The highest BCUT2D eigenvalue weighted by atomic mass is 15.3. The van der Waals surface area contributed by atoms with E-state index in [0.717, 1.165) is 0 Å². The normalized spacial score (nSPS) is 16.1. The van der Waals surface area contributed by atoms with Gasteiger partial charge in [0.25, 0.3) is 0 Å². The van der Waals surface area contributed by atoms with Crippen molar-refractivity contribution < 1.29 is 0 Å². The van der Waals surface area contributed by atoms with E-state index in [1.807, 2.05) is 0 Å². The van der Waals surface area contributed by atoms with Gasteiger partial charge in [0.2, 0.25) is 0 Å². The Labute approximate surface area is 553 Å². The molecule has 0 spiro atoms. The maximum absolute atomic E-state index is 3.50. The van der Waals surface area contributed by atoms with Crippen LogP contribution in [0.3, 0.4) is 0 Å². The summed E-state index contributed by atoms with van der Waals surface area (Å²) in [5.41, 5.74) is 34.4. The lowest BCUT2D eigenvalue weighted by Gasteiger charge is -2.44. The molecule has 16 aromatic rings. The molecule has 3 unspecified atom stereocenters. The van der Waals surface area contributed by atoms with Crippen molar-refractivity contribution in [1.82, 2.24) is 37.8 Å². The molecule has 0 saturated heterocycles. The molecule has 0 bridgehead atoms. The van der Waals surface area contributed by atoms with E-state index < -0.39 is 0 Å². The second-order valence-electron chi connectivity index (χ2n) is 25.5. The molecule has 96 heavy (non-hydrogen) atoms. The summed E-state index contributed by atoms with van der Waals surface area (Å²) in [5.74, 6) is 0. The largest absolute Gasteiger partial charge is 0.367 e. The summed E-state index contributed by atoms with van der Waals surface area (Å²) in [6, 6.07) is 96.4. The maximum atomic E-state index is 3.50. The number of anilines is 8. The standard InChI is InChI=1S/4C21H15N3/c1-3-9-17-15(7-1)22-13-5-11-19(22)21-20-12-6-14-23(20)16-8-2-4-10-18(16)24(17)21;1-2-7-16-14(6-1)20-15(11-12-22-20)21-19-10-5-13-23(19)17-8-3-4-9-18(17)24(16)21;1-2-7-16-14(6-1)15-11-12-22-20(15)21-19-10-5-13-23(19)17-8-3-4-9-18(17)24(16)21;1-2-7-17-14(6-1)15-12-22-13-16(15)21-20-10-5-11-23(20)18-8-3-4-9-19(18)24(17)21/h1-14,21H;3*1-13,21-22H. The molecule has 0 saturated carbocycles. The summed E-state index contributed by atoms with van der Waals surface area (Å²) in [6.45, 7) is 0.